The van der Waals surface area contributed by atoms with E-state index in [1.165, 1.54) is 11.3 Å². The van der Waals surface area contributed by atoms with E-state index in [0.29, 0.717) is 18.7 Å². The lowest BCUT2D eigenvalue weighted by Crippen LogP contribution is -2.34. The second-order valence-corrected chi connectivity index (χ2v) is 5.65. The third-order valence-electron chi connectivity index (χ3n) is 3.03. The number of aromatic nitrogens is 2. The molecule has 3 N–H and O–H groups in total. The van der Waals surface area contributed by atoms with Crippen molar-refractivity contribution < 1.29 is 9.32 Å². The van der Waals surface area contributed by atoms with E-state index in [4.69, 9.17) is 10.3 Å². The molecule has 116 valence electrons. The Bertz CT molecular complexity index is 592. The van der Waals surface area contributed by atoms with Crippen LogP contribution in [0.25, 0.3) is 0 Å². The fraction of sp³-hybridized carbons (Fsp3) is 0.462. The minimum Gasteiger partial charge on any atom is -0.361 e. The monoisotopic (exact) mass is 330 g/mol. The average molecular weight is 331 g/mol. The maximum atomic E-state index is 12.0. The van der Waals surface area contributed by atoms with Gasteiger partial charge in [-0.15, -0.1) is 23.7 Å². The van der Waals surface area contributed by atoms with Crippen LogP contribution in [-0.4, -0.2) is 22.1 Å². The van der Waals surface area contributed by atoms with Gasteiger partial charge in [0.15, 0.2) is 0 Å². The van der Waals surface area contributed by atoms with Crippen LogP contribution in [0.1, 0.15) is 39.4 Å². The van der Waals surface area contributed by atoms with Crippen molar-refractivity contribution in [3.05, 3.63) is 33.1 Å². The second kappa shape index (κ2) is 7.53. The lowest BCUT2D eigenvalue weighted by Gasteiger charge is -2.12. The summed E-state index contributed by atoms with van der Waals surface area (Å²) in [4.78, 5) is 16.2. The Kier molecular flexibility index (Phi) is 6.32. The van der Waals surface area contributed by atoms with Crippen LogP contribution >= 0.6 is 23.7 Å². The van der Waals surface area contributed by atoms with Gasteiger partial charge in [0.25, 0.3) is 5.91 Å². The highest BCUT2D eigenvalue weighted by Gasteiger charge is 2.16. The van der Waals surface area contributed by atoms with Crippen LogP contribution in [0, 0.1) is 13.8 Å². The van der Waals surface area contributed by atoms with Crippen LogP contribution in [0.5, 0.6) is 0 Å². The third kappa shape index (κ3) is 4.26. The molecule has 0 saturated carbocycles. The van der Waals surface area contributed by atoms with Crippen LogP contribution in [0.4, 0.5) is 0 Å². The van der Waals surface area contributed by atoms with Crippen molar-refractivity contribution >= 4 is 29.7 Å². The van der Waals surface area contributed by atoms with E-state index in [-0.39, 0.29) is 24.4 Å². The molecular weight excluding hydrogens is 312 g/mol. The molecule has 1 atom stereocenters. The highest BCUT2D eigenvalue weighted by molar-refractivity contribution is 7.09. The number of nitrogens with two attached hydrogens (primary N) is 1. The highest BCUT2D eigenvalue weighted by atomic mass is 35.5. The molecule has 21 heavy (non-hydrogen) atoms. The zero-order valence-electron chi connectivity index (χ0n) is 12.2. The van der Waals surface area contributed by atoms with Gasteiger partial charge in [0.2, 0.25) is 0 Å². The molecule has 0 spiro atoms. The van der Waals surface area contributed by atoms with Crippen LogP contribution < -0.4 is 11.1 Å². The molecule has 2 heterocycles. The van der Waals surface area contributed by atoms with E-state index < -0.39 is 0 Å². The van der Waals surface area contributed by atoms with E-state index in [9.17, 15) is 4.79 Å². The molecule has 6 nitrogen and oxygen atoms in total. The standard InChI is InChI=1S/C13H18N4O2S.ClH/c1-7(4-10-8(2)17-19-9(10)3)15-13(18)11-6-20-12(5-14)16-11;/h6-7H,4-5,14H2,1-3H3,(H,15,18);1H. The summed E-state index contributed by atoms with van der Waals surface area (Å²) in [6.45, 7) is 6.07. The van der Waals surface area contributed by atoms with Gasteiger partial charge in [0.05, 0.1) is 5.69 Å². The molecule has 2 aromatic rings. The summed E-state index contributed by atoms with van der Waals surface area (Å²) in [5.41, 5.74) is 7.81. The molecule has 0 aliphatic carbocycles. The van der Waals surface area contributed by atoms with E-state index in [1.807, 2.05) is 20.8 Å². The fourth-order valence-electron chi connectivity index (χ4n) is 1.96. The van der Waals surface area contributed by atoms with Gasteiger partial charge < -0.3 is 15.6 Å². The maximum Gasteiger partial charge on any atom is 0.270 e. The number of hydrogen-bond donors (Lipinski definition) is 2. The molecule has 0 fully saturated rings. The molecule has 0 aliphatic heterocycles. The van der Waals surface area contributed by atoms with Crippen molar-refractivity contribution in [2.75, 3.05) is 0 Å². The smallest absolute Gasteiger partial charge is 0.270 e. The Morgan fingerprint density at radius 1 is 1.52 bits per heavy atom. The van der Waals surface area contributed by atoms with Gasteiger partial charge in [-0.05, 0) is 27.2 Å². The SMILES string of the molecule is Cc1noc(C)c1CC(C)NC(=O)c1csc(CN)n1.Cl. The van der Waals surface area contributed by atoms with Crippen molar-refractivity contribution in [3.63, 3.8) is 0 Å². The summed E-state index contributed by atoms with van der Waals surface area (Å²) in [6, 6.07) is -0.0256. The van der Waals surface area contributed by atoms with Gasteiger partial charge >= 0.3 is 0 Å². The Morgan fingerprint density at radius 3 is 2.76 bits per heavy atom. The van der Waals surface area contributed by atoms with Crippen LogP contribution in [0.3, 0.4) is 0 Å². The first kappa shape index (κ1) is 17.6. The van der Waals surface area contributed by atoms with Crippen LogP contribution in [0.15, 0.2) is 9.90 Å². The number of halogens is 1. The average Bonchev–Trinajstić information content (AvgIpc) is 3.00. The normalized spacial score (nSPS) is 11.8. The number of aryl methyl sites for hydroxylation is 2. The maximum absolute atomic E-state index is 12.0. The molecule has 1 unspecified atom stereocenters. The lowest BCUT2D eigenvalue weighted by molar-refractivity contribution is 0.0935. The summed E-state index contributed by atoms with van der Waals surface area (Å²) in [6.07, 6.45) is 0.681. The summed E-state index contributed by atoms with van der Waals surface area (Å²) in [5.74, 6) is 0.614. The Labute approximate surface area is 133 Å². The molecule has 0 aliphatic rings. The number of carbonyl (C=O) groups excluding carboxylic acids is 1. The topological polar surface area (TPSA) is 94.0 Å². The van der Waals surface area contributed by atoms with E-state index in [1.54, 1.807) is 5.38 Å². The van der Waals surface area contributed by atoms with E-state index in [2.05, 4.69) is 15.5 Å². The van der Waals surface area contributed by atoms with Gasteiger partial charge in [-0.2, -0.15) is 0 Å². The number of rotatable bonds is 5. The van der Waals surface area contributed by atoms with Gasteiger partial charge in [0.1, 0.15) is 16.5 Å². The van der Waals surface area contributed by atoms with Gasteiger partial charge in [-0.3, -0.25) is 4.79 Å². The zero-order chi connectivity index (χ0) is 14.7. The van der Waals surface area contributed by atoms with Crippen molar-refractivity contribution in [2.24, 2.45) is 5.73 Å². The van der Waals surface area contributed by atoms with E-state index in [0.717, 1.165) is 22.0 Å². The van der Waals surface area contributed by atoms with Crippen molar-refractivity contribution in [1.82, 2.24) is 15.5 Å². The predicted molar refractivity (Wildman–Crippen MR) is 83.9 cm³/mol. The van der Waals surface area contributed by atoms with Gasteiger partial charge in [-0.25, -0.2) is 4.98 Å². The summed E-state index contributed by atoms with van der Waals surface area (Å²) in [5, 5.41) is 9.31. The largest absolute Gasteiger partial charge is 0.361 e. The Morgan fingerprint density at radius 2 is 2.24 bits per heavy atom. The van der Waals surface area contributed by atoms with Crippen molar-refractivity contribution in [1.29, 1.82) is 0 Å². The molecule has 0 radical (unpaired) electrons. The van der Waals surface area contributed by atoms with E-state index >= 15 is 0 Å². The molecule has 2 rings (SSSR count). The van der Waals surface area contributed by atoms with Crippen LogP contribution in [-0.2, 0) is 13.0 Å². The second-order valence-electron chi connectivity index (χ2n) is 4.71. The molecule has 0 bridgehead atoms. The Hall–Kier alpha value is -1.44. The zero-order valence-corrected chi connectivity index (χ0v) is 13.8. The number of nitrogens with one attached hydrogen (secondary N) is 1. The minimum atomic E-state index is -0.180. The van der Waals surface area contributed by atoms with Crippen molar-refractivity contribution in [3.8, 4) is 0 Å². The quantitative estimate of drug-likeness (QED) is 0.874. The summed E-state index contributed by atoms with van der Waals surface area (Å²) < 4.78 is 5.12. The van der Waals surface area contributed by atoms with Gasteiger partial charge in [-0.1, -0.05) is 5.16 Å². The third-order valence-corrected chi connectivity index (χ3v) is 3.90. The summed E-state index contributed by atoms with van der Waals surface area (Å²) in [7, 11) is 0. The first-order valence-corrected chi connectivity index (χ1v) is 7.26. The number of thiazole rings is 1. The molecule has 1 amide bonds. The molecular formula is C13H19ClN4O2S. The summed E-state index contributed by atoms with van der Waals surface area (Å²) >= 11 is 1.39. The highest BCUT2D eigenvalue weighted by Crippen LogP contribution is 2.15. The first-order chi connectivity index (χ1) is 9.51. The number of carbonyl (C=O) groups is 1. The molecule has 8 heteroatoms. The number of amides is 1. The minimum absolute atomic E-state index is 0. The first-order valence-electron chi connectivity index (χ1n) is 6.38. The fourth-order valence-corrected chi connectivity index (χ4v) is 2.61. The number of hydrogen-bond acceptors (Lipinski definition) is 6. The molecule has 0 saturated heterocycles. The van der Waals surface area contributed by atoms with Gasteiger partial charge in [0, 0.05) is 23.5 Å². The number of nitrogens with zero attached hydrogens (tertiary/aromatic N) is 2. The molecule has 2 aromatic heterocycles. The molecule has 0 aromatic carbocycles. The lowest BCUT2D eigenvalue weighted by atomic mass is 10.1. The van der Waals surface area contributed by atoms with Crippen molar-refractivity contribution in [2.45, 2.75) is 39.8 Å². The van der Waals surface area contributed by atoms with Crippen LogP contribution in [0.2, 0.25) is 0 Å². The predicted octanol–water partition coefficient (Wildman–Crippen LogP) is 1.99. The Balaban J connectivity index is 0.00000220.